The zero-order chi connectivity index (χ0) is 26.6. The predicted molar refractivity (Wildman–Crippen MR) is 141 cm³/mol. The van der Waals surface area contributed by atoms with Crippen molar-refractivity contribution in [2.45, 2.75) is 52.4 Å². The Morgan fingerprint density at radius 1 is 0.974 bits per heavy atom. The first kappa shape index (κ1) is 25.9. The molecule has 1 saturated heterocycles. The van der Waals surface area contributed by atoms with E-state index in [-0.39, 0.29) is 11.7 Å². The molecular weight excluding hydrogens is 484 g/mol. The van der Waals surface area contributed by atoms with Crippen molar-refractivity contribution in [1.29, 1.82) is 5.26 Å². The fourth-order valence-corrected chi connectivity index (χ4v) is 5.67. The smallest absolute Gasteiger partial charge is 0.387 e. The van der Waals surface area contributed by atoms with Gasteiger partial charge in [0, 0.05) is 25.2 Å². The molecule has 0 aliphatic carbocycles. The fraction of sp³-hybridized carbons (Fsp3) is 0.355. The molecule has 1 fully saturated rings. The molecule has 5 nitrogen and oxygen atoms in total. The lowest BCUT2D eigenvalue weighted by Crippen LogP contribution is -2.33. The van der Waals surface area contributed by atoms with E-state index in [9.17, 15) is 13.6 Å². The van der Waals surface area contributed by atoms with Crippen LogP contribution in [0.1, 0.15) is 56.6 Å². The number of halogens is 2. The second-order valence-corrected chi connectivity index (χ2v) is 10.4. The van der Waals surface area contributed by atoms with Gasteiger partial charge in [0.1, 0.15) is 5.75 Å². The highest BCUT2D eigenvalue weighted by atomic mass is 19.3. The third-order valence-corrected chi connectivity index (χ3v) is 7.58. The minimum absolute atomic E-state index is 0.0214. The molecule has 3 aromatic rings. The van der Waals surface area contributed by atoms with Gasteiger partial charge in [-0.05, 0) is 97.3 Å². The summed E-state index contributed by atoms with van der Waals surface area (Å²) in [6.45, 7) is 3.17. The highest BCUT2D eigenvalue weighted by Crippen LogP contribution is 2.31. The van der Waals surface area contributed by atoms with Gasteiger partial charge in [0.05, 0.1) is 11.6 Å². The molecule has 0 atom stereocenters. The number of fused-ring (bicyclic) bond motifs is 1. The van der Waals surface area contributed by atoms with E-state index >= 15 is 0 Å². The number of aryl methyl sites for hydroxylation is 1. The molecule has 0 unspecified atom stereocenters. The minimum atomic E-state index is -2.85. The van der Waals surface area contributed by atoms with Crippen LogP contribution in [-0.2, 0) is 26.1 Å². The van der Waals surface area contributed by atoms with Gasteiger partial charge in [-0.3, -0.25) is 9.69 Å². The Kier molecular flexibility index (Phi) is 7.71. The Balaban J connectivity index is 1.16. The minimum Gasteiger partial charge on any atom is -0.435 e. The molecule has 0 spiro atoms. The standard InChI is InChI=1S/C31H31F2N3O2/c1-21-14-26(15-22-10-12-35(13-11-22)18-24-4-2-23(17-34)3-5-24)16-27-20-36(30(37)29(21)27)19-25-6-8-28(9-7-25)38-31(32)33/h2-9,14,16,22,31H,10-13,15,18-20H2,1H3. The fourth-order valence-electron chi connectivity index (χ4n) is 5.67. The lowest BCUT2D eigenvalue weighted by atomic mass is 9.88. The first-order valence-electron chi connectivity index (χ1n) is 13.0. The van der Waals surface area contributed by atoms with Crippen LogP contribution >= 0.6 is 0 Å². The van der Waals surface area contributed by atoms with Crippen LogP contribution < -0.4 is 4.74 Å². The normalized spacial score (nSPS) is 16.1. The van der Waals surface area contributed by atoms with Gasteiger partial charge in [0.2, 0.25) is 0 Å². The molecule has 7 heteroatoms. The summed E-state index contributed by atoms with van der Waals surface area (Å²) in [7, 11) is 0. The van der Waals surface area contributed by atoms with Crippen LogP contribution in [0.4, 0.5) is 8.78 Å². The quantitative estimate of drug-likeness (QED) is 0.365. The number of hydrogen-bond acceptors (Lipinski definition) is 4. The maximum absolute atomic E-state index is 13.1. The molecule has 0 N–H and O–H groups in total. The zero-order valence-electron chi connectivity index (χ0n) is 21.5. The van der Waals surface area contributed by atoms with Crippen molar-refractivity contribution >= 4 is 5.91 Å². The average Bonchev–Trinajstić information content (AvgIpc) is 3.21. The second kappa shape index (κ2) is 11.3. The van der Waals surface area contributed by atoms with Gasteiger partial charge >= 0.3 is 6.61 Å². The summed E-state index contributed by atoms with van der Waals surface area (Å²) < 4.78 is 29.2. The summed E-state index contributed by atoms with van der Waals surface area (Å²) in [5.74, 6) is 0.750. The molecule has 196 valence electrons. The van der Waals surface area contributed by atoms with Gasteiger partial charge in [0.25, 0.3) is 5.91 Å². The Hall–Kier alpha value is -3.76. The van der Waals surface area contributed by atoms with Crippen LogP contribution in [0.15, 0.2) is 60.7 Å². The molecule has 2 heterocycles. The Labute approximate surface area is 222 Å². The molecule has 0 aromatic heterocycles. The number of piperidine rings is 1. The molecule has 2 aliphatic rings. The number of nitriles is 1. The lowest BCUT2D eigenvalue weighted by molar-refractivity contribution is -0.0498. The van der Waals surface area contributed by atoms with Crippen LogP contribution in [-0.4, -0.2) is 35.4 Å². The van der Waals surface area contributed by atoms with Gasteiger partial charge < -0.3 is 9.64 Å². The molecule has 1 amide bonds. The number of hydrogen-bond donors (Lipinski definition) is 0. The summed E-state index contributed by atoms with van der Waals surface area (Å²) in [5.41, 5.74) is 6.98. The van der Waals surface area contributed by atoms with Crippen LogP contribution in [0.25, 0.3) is 0 Å². The zero-order valence-corrected chi connectivity index (χ0v) is 21.5. The lowest BCUT2D eigenvalue weighted by Gasteiger charge is -2.32. The van der Waals surface area contributed by atoms with E-state index in [4.69, 9.17) is 5.26 Å². The van der Waals surface area contributed by atoms with Gasteiger partial charge in [-0.15, -0.1) is 0 Å². The van der Waals surface area contributed by atoms with E-state index in [1.165, 1.54) is 23.3 Å². The molecule has 0 saturated carbocycles. The number of nitrogens with zero attached hydrogens (tertiary/aromatic N) is 3. The first-order valence-corrected chi connectivity index (χ1v) is 13.0. The van der Waals surface area contributed by atoms with Crippen molar-refractivity contribution in [3.63, 3.8) is 0 Å². The van der Waals surface area contributed by atoms with E-state index in [0.29, 0.717) is 24.6 Å². The molecule has 0 bridgehead atoms. The van der Waals surface area contributed by atoms with Crippen molar-refractivity contribution in [2.75, 3.05) is 13.1 Å². The summed E-state index contributed by atoms with van der Waals surface area (Å²) in [4.78, 5) is 17.4. The van der Waals surface area contributed by atoms with Crippen LogP contribution in [0, 0.1) is 24.2 Å². The van der Waals surface area contributed by atoms with Gasteiger partial charge in [-0.1, -0.05) is 36.4 Å². The van der Waals surface area contributed by atoms with E-state index in [1.807, 2.05) is 36.1 Å². The summed E-state index contributed by atoms with van der Waals surface area (Å²) in [5, 5.41) is 8.98. The number of alkyl halides is 2. The largest absolute Gasteiger partial charge is 0.435 e. The maximum atomic E-state index is 13.1. The maximum Gasteiger partial charge on any atom is 0.387 e. The monoisotopic (exact) mass is 515 g/mol. The second-order valence-electron chi connectivity index (χ2n) is 10.4. The van der Waals surface area contributed by atoms with Crippen LogP contribution in [0.5, 0.6) is 5.75 Å². The van der Waals surface area contributed by atoms with Crippen molar-refractivity contribution < 1.29 is 18.3 Å². The number of carbonyl (C=O) groups excluding carboxylic acids is 1. The summed E-state index contributed by atoms with van der Waals surface area (Å²) in [6, 6.07) is 20.8. The van der Waals surface area contributed by atoms with Crippen LogP contribution in [0.3, 0.4) is 0 Å². The van der Waals surface area contributed by atoms with E-state index in [1.54, 1.807) is 12.1 Å². The van der Waals surface area contributed by atoms with Gasteiger partial charge in [0.15, 0.2) is 0 Å². The first-order chi connectivity index (χ1) is 18.4. The van der Waals surface area contributed by atoms with Crippen molar-refractivity contribution in [2.24, 2.45) is 5.92 Å². The van der Waals surface area contributed by atoms with Gasteiger partial charge in [-0.25, -0.2) is 0 Å². The Morgan fingerprint density at radius 2 is 1.63 bits per heavy atom. The number of likely N-dealkylation sites (tertiary alicyclic amines) is 1. The SMILES string of the molecule is Cc1cc(CC2CCN(Cc3ccc(C#N)cc3)CC2)cc2c1C(=O)N(Cc1ccc(OC(F)F)cc1)C2. The van der Waals surface area contributed by atoms with Crippen molar-refractivity contribution in [3.05, 3.63) is 99.6 Å². The summed E-state index contributed by atoms with van der Waals surface area (Å²) in [6.07, 6.45) is 3.30. The number of rotatable bonds is 8. The van der Waals surface area contributed by atoms with Crippen LogP contribution in [0.2, 0.25) is 0 Å². The average molecular weight is 516 g/mol. The van der Waals surface area contributed by atoms with E-state index < -0.39 is 6.61 Å². The Bertz CT molecular complexity index is 1320. The van der Waals surface area contributed by atoms with Crippen molar-refractivity contribution in [3.8, 4) is 11.8 Å². The van der Waals surface area contributed by atoms with E-state index in [0.717, 1.165) is 61.2 Å². The molecule has 3 aromatic carbocycles. The number of benzene rings is 3. The number of amides is 1. The third-order valence-electron chi connectivity index (χ3n) is 7.58. The molecule has 5 rings (SSSR count). The third kappa shape index (κ3) is 6.03. The highest BCUT2D eigenvalue weighted by Gasteiger charge is 2.30. The highest BCUT2D eigenvalue weighted by molar-refractivity contribution is 5.99. The van der Waals surface area contributed by atoms with Gasteiger partial charge in [-0.2, -0.15) is 14.0 Å². The topological polar surface area (TPSA) is 56.6 Å². The number of ether oxygens (including phenoxy) is 1. The van der Waals surface area contributed by atoms with E-state index in [2.05, 4.69) is 27.8 Å². The summed E-state index contributed by atoms with van der Waals surface area (Å²) >= 11 is 0. The Morgan fingerprint density at radius 3 is 2.29 bits per heavy atom. The van der Waals surface area contributed by atoms with Crippen molar-refractivity contribution in [1.82, 2.24) is 9.80 Å². The molecule has 0 radical (unpaired) electrons. The molecule has 38 heavy (non-hydrogen) atoms. The number of carbonyl (C=O) groups is 1. The predicted octanol–water partition coefficient (Wildman–Crippen LogP) is 6.08. The molecular formula is C31H31F2N3O2. The molecule has 2 aliphatic heterocycles.